The molecule has 0 saturated heterocycles. The SMILES string of the molecule is CN[C@@H]1CCC[C@H]1c1ccc(C)cc1. The topological polar surface area (TPSA) is 12.0 Å². The average Bonchev–Trinajstić information content (AvgIpc) is 2.67. The van der Waals surface area contributed by atoms with Crippen molar-refractivity contribution in [3.8, 4) is 0 Å². The molecule has 1 aliphatic carbocycles. The molecule has 1 aromatic carbocycles. The van der Waals surface area contributed by atoms with Crippen LogP contribution in [-0.4, -0.2) is 13.1 Å². The summed E-state index contributed by atoms with van der Waals surface area (Å²) in [6.07, 6.45) is 4.04. The Bertz CT molecular complexity index is 289. The first-order chi connectivity index (χ1) is 6.81. The summed E-state index contributed by atoms with van der Waals surface area (Å²) < 4.78 is 0. The van der Waals surface area contributed by atoms with Gasteiger partial charge in [0.25, 0.3) is 0 Å². The minimum absolute atomic E-state index is 0.692. The zero-order chi connectivity index (χ0) is 9.97. The Balaban J connectivity index is 2.17. The van der Waals surface area contributed by atoms with Crippen molar-refractivity contribution in [2.75, 3.05) is 7.05 Å². The molecule has 0 radical (unpaired) electrons. The smallest absolute Gasteiger partial charge is 0.0133 e. The maximum absolute atomic E-state index is 3.43. The molecule has 1 aromatic rings. The summed E-state index contributed by atoms with van der Waals surface area (Å²) in [5.41, 5.74) is 2.86. The standard InChI is InChI=1S/C13H19N/c1-10-6-8-11(9-7-10)12-4-3-5-13(12)14-2/h6-9,12-14H,3-5H2,1-2H3/t12-,13+/m0/s1. The Morgan fingerprint density at radius 1 is 1.14 bits per heavy atom. The molecule has 2 atom stereocenters. The number of aryl methyl sites for hydroxylation is 1. The maximum Gasteiger partial charge on any atom is 0.0133 e. The van der Waals surface area contributed by atoms with E-state index in [1.54, 1.807) is 0 Å². The van der Waals surface area contributed by atoms with Gasteiger partial charge in [-0.15, -0.1) is 0 Å². The molecule has 76 valence electrons. The van der Waals surface area contributed by atoms with Gasteiger partial charge in [0.2, 0.25) is 0 Å². The third-order valence-electron chi connectivity index (χ3n) is 3.39. The highest BCUT2D eigenvalue weighted by molar-refractivity contribution is 5.26. The van der Waals surface area contributed by atoms with Crippen LogP contribution >= 0.6 is 0 Å². The van der Waals surface area contributed by atoms with Crippen LogP contribution < -0.4 is 5.32 Å². The van der Waals surface area contributed by atoms with E-state index in [1.807, 2.05) is 0 Å². The molecule has 0 spiro atoms. The molecule has 0 bridgehead atoms. The van der Waals surface area contributed by atoms with Crippen molar-refractivity contribution in [1.82, 2.24) is 5.32 Å². The lowest BCUT2D eigenvalue weighted by atomic mass is 9.93. The van der Waals surface area contributed by atoms with Gasteiger partial charge in [0, 0.05) is 6.04 Å². The predicted octanol–water partition coefficient (Wildman–Crippen LogP) is 2.85. The van der Waals surface area contributed by atoms with Gasteiger partial charge in [0.15, 0.2) is 0 Å². The van der Waals surface area contributed by atoms with E-state index in [1.165, 1.54) is 30.4 Å². The van der Waals surface area contributed by atoms with E-state index < -0.39 is 0 Å². The Morgan fingerprint density at radius 3 is 2.50 bits per heavy atom. The number of hydrogen-bond acceptors (Lipinski definition) is 1. The highest BCUT2D eigenvalue weighted by Gasteiger charge is 2.26. The van der Waals surface area contributed by atoms with Crippen LogP contribution in [0.2, 0.25) is 0 Å². The van der Waals surface area contributed by atoms with E-state index in [2.05, 4.69) is 43.6 Å². The van der Waals surface area contributed by atoms with Gasteiger partial charge >= 0.3 is 0 Å². The fourth-order valence-corrected chi connectivity index (χ4v) is 2.52. The van der Waals surface area contributed by atoms with Crippen molar-refractivity contribution in [2.45, 2.75) is 38.1 Å². The lowest BCUT2D eigenvalue weighted by molar-refractivity contribution is 0.522. The quantitative estimate of drug-likeness (QED) is 0.754. The van der Waals surface area contributed by atoms with Gasteiger partial charge in [0.05, 0.1) is 0 Å². The number of rotatable bonds is 2. The monoisotopic (exact) mass is 189 g/mol. The van der Waals surface area contributed by atoms with Crippen molar-refractivity contribution in [3.05, 3.63) is 35.4 Å². The Hall–Kier alpha value is -0.820. The van der Waals surface area contributed by atoms with Crippen molar-refractivity contribution < 1.29 is 0 Å². The van der Waals surface area contributed by atoms with Crippen LogP contribution in [0.15, 0.2) is 24.3 Å². The van der Waals surface area contributed by atoms with Crippen LogP contribution in [0.1, 0.15) is 36.3 Å². The molecule has 0 unspecified atom stereocenters. The van der Waals surface area contributed by atoms with Gasteiger partial charge in [0.1, 0.15) is 0 Å². The number of nitrogens with one attached hydrogen (secondary N) is 1. The first kappa shape index (κ1) is 9.72. The molecule has 1 heteroatoms. The third kappa shape index (κ3) is 1.83. The van der Waals surface area contributed by atoms with Gasteiger partial charge in [-0.25, -0.2) is 0 Å². The highest BCUT2D eigenvalue weighted by Crippen LogP contribution is 2.34. The van der Waals surface area contributed by atoms with Crippen LogP contribution in [0.25, 0.3) is 0 Å². The fraction of sp³-hybridized carbons (Fsp3) is 0.538. The van der Waals surface area contributed by atoms with Gasteiger partial charge < -0.3 is 5.32 Å². The fourth-order valence-electron chi connectivity index (χ4n) is 2.52. The molecule has 0 aliphatic heterocycles. The zero-order valence-electron chi connectivity index (χ0n) is 9.09. The maximum atomic E-state index is 3.43. The molecule has 0 amide bonds. The van der Waals surface area contributed by atoms with E-state index in [0.717, 1.165) is 5.92 Å². The second-order valence-electron chi connectivity index (χ2n) is 4.34. The van der Waals surface area contributed by atoms with E-state index in [0.29, 0.717) is 6.04 Å². The molecular weight excluding hydrogens is 170 g/mol. The number of hydrogen-bond donors (Lipinski definition) is 1. The second-order valence-corrected chi connectivity index (χ2v) is 4.34. The summed E-state index contributed by atoms with van der Waals surface area (Å²) in [5.74, 6) is 0.737. The minimum atomic E-state index is 0.692. The highest BCUT2D eigenvalue weighted by atomic mass is 14.9. The summed E-state index contributed by atoms with van der Waals surface area (Å²) in [6, 6.07) is 9.71. The van der Waals surface area contributed by atoms with Gasteiger partial charge in [-0.05, 0) is 38.3 Å². The zero-order valence-corrected chi connectivity index (χ0v) is 9.09. The normalized spacial score (nSPS) is 26.7. The molecule has 1 nitrogen and oxygen atoms in total. The molecular formula is C13H19N. The third-order valence-corrected chi connectivity index (χ3v) is 3.39. The van der Waals surface area contributed by atoms with Crippen molar-refractivity contribution in [2.24, 2.45) is 0 Å². The van der Waals surface area contributed by atoms with Crippen LogP contribution in [0.5, 0.6) is 0 Å². The molecule has 1 aliphatic rings. The van der Waals surface area contributed by atoms with Crippen LogP contribution in [0.4, 0.5) is 0 Å². The Kier molecular flexibility index (Phi) is 2.87. The summed E-state index contributed by atoms with van der Waals surface area (Å²) in [5, 5.41) is 3.43. The Labute approximate surface area is 86.5 Å². The van der Waals surface area contributed by atoms with E-state index in [9.17, 15) is 0 Å². The lowest BCUT2D eigenvalue weighted by Gasteiger charge is -2.19. The number of likely N-dealkylation sites (N-methyl/N-ethyl adjacent to an activating group) is 1. The molecule has 1 fully saturated rings. The van der Waals surface area contributed by atoms with Crippen LogP contribution in [0, 0.1) is 6.92 Å². The molecule has 0 aromatic heterocycles. The average molecular weight is 189 g/mol. The summed E-state index contributed by atoms with van der Waals surface area (Å²) >= 11 is 0. The van der Waals surface area contributed by atoms with Crippen molar-refractivity contribution >= 4 is 0 Å². The Morgan fingerprint density at radius 2 is 1.86 bits per heavy atom. The minimum Gasteiger partial charge on any atom is -0.316 e. The van der Waals surface area contributed by atoms with Gasteiger partial charge in [-0.3, -0.25) is 0 Å². The predicted molar refractivity (Wildman–Crippen MR) is 60.6 cm³/mol. The lowest BCUT2D eigenvalue weighted by Crippen LogP contribution is -2.27. The first-order valence-electron chi connectivity index (χ1n) is 5.55. The molecule has 14 heavy (non-hydrogen) atoms. The first-order valence-corrected chi connectivity index (χ1v) is 5.55. The van der Waals surface area contributed by atoms with E-state index in [4.69, 9.17) is 0 Å². The van der Waals surface area contributed by atoms with Gasteiger partial charge in [-0.1, -0.05) is 36.2 Å². The molecule has 1 N–H and O–H groups in total. The van der Waals surface area contributed by atoms with Crippen molar-refractivity contribution in [3.63, 3.8) is 0 Å². The number of benzene rings is 1. The molecule has 0 heterocycles. The van der Waals surface area contributed by atoms with Gasteiger partial charge in [-0.2, -0.15) is 0 Å². The largest absolute Gasteiger partial charge is 0.316 e. The van der Waals surface area contributed by atoms with Crippen LogP contribution in [0.3, 0.4) is 0 Å². The summed E-state index contributed by atoms with van der Waals surface area (Å²) in [7, 11) is 2.08. The van der Waals surface area contributed by atoms with Crippen LogP contribution in [-0.2, 0) is 0 Å². The van der Waals surface area contributed by atoms with Crippen molar-refractivity contribution in [1.29, 1.82) is 0 Å². The molecule has 2 rings (SSSR count). The van der Waals surface area contributed by atoms with E-state index in [-0.39, 0.29) is 0 Å². The summed E-state index contributed by atoms with van der Waals surface area (Å²) in [4.78, 5) is 0. The second kappa shape index (κ2) is 4.14. The summed E-state index contributed by atoms with van der Waals surface area (Å²) in [6.45, 7) is 2.15. The van der Waals surface area contributed by atoms with E-state index >= 15 is 0 Å². The molecule has 1 saturated carbocycles.